The van der Waals surface area contributed by atoms with E-state index in [2.05, 4.69) is 33.0 Å². The molecule has 0 saturated carbocycles. The molecule has 14 heavy (non-hydrogen) atoms. The van der Waals surface area contributed by atoms with Gasteiger partial charge in [0.1, 0.15) is 0 Å². The molecular formula is C12H21ClSi. The predicted octanol–water partition coefficient (Wildman–Crippen LogP) is 4.81. The molecule has 0 spiro atoms. The average Bonchev–Trinajstić information content (AvgIpc) is 2.42. The van der Waals surface area contributed by atoms with Crippen LogP contribution in [0.15, 0.2) is 22.4 Å². The Kier molecular flexibility index (Phi) is 4.02. The smallest absolute Gasteiger partial charge is 0.162 e. The van der Waals surface area contributed by atoms with E-state index in [-0.39, 0.29) is 0 Å². The molecule has 0 unspecified atom stereocenters. The molecular weight excluding hydrogens is 208 g/mol. The van der Waals surface area contributed by atoms with E-state index in [9.17, 15) is 0 Å². The van der Waals surface area contributed by atoms with E-state index in [4.69, 9.17) is 11.1 Å². The van der Waals surface area contributed by atoms with Crippen LogP contribution in [-0.2, 0) is 0 Å². The van der Waals surface area contributed by atoms with E-state index in [1.165, 1.54) is 24.8 Å². The first kappa shape index (κ1) is 12.1. The van der Waals surface area contributed by atoms with Crippen LogP contribution in [0.5, 0.6) is 0 Å². The summed E-state index contributed by atoms with van der Waals surface area (Å²) in [4.78, 5) is 0. The van der Waals surface area contributed by atoms with Crippen LogP contribution < -0.4 is 0 Å². The highest BCUT2D eigenvalue weighted by atomic mass is 35.6. The summed E-state index contributed by atoms with van der Waals surface area (Å²) in [7, 11) is -1.57. The van der Waals surface area contributed by atoms with Gasteiger partial charge in [-0.25, -0.2) is 0 Å². The summed E-state index contributed by atoms with van der Waals surface area (Å²) in [5.41, 5.74) is 3.04. The fourth-order valence-corrected chi connectivity index (χ4v) is 4.36. The molecule has 0 saturated heterocycles. The Morgan fingerprint density at radius 1 is 1.43 bits per heavy atom. The minimum absolute atomic E-state index is 1.16. The summed E-state index contributed by atoms with van der Waals surface area (Å²) in [5, 5.41) is 1.55. The highest BCUT2D eigenvalue weighted by molar-refractivity contribution is 7.23. The van der Waals surface area contributed by atoms with Crippen molar-refractivity contribution in [3.05, 3.63) is 22.4 Å². The third-order valence-corrected chi connectivity index (χ3v) is 5.56. The van der Waals surface area contributed by atoms with Crippen LogP contribution in [0.4, 0.5) is 0 Å². The van der Waals surface area contributed by atoms with Crippen LogP contribution in [-0.4, -0.2) is 7.38 Å². The van der Waals surface area contributed by atoms with E-state index in [0.29, 0.717) is 0 Å². The summed E-state index contributed by atoms with van der Waals surface area (Å²) < 4.78 is 0. The van der Waals surface area contributed by atoms with Crippen LogP contribution in [0, 0.1) is 0 Å². The van der Waals surface area contributed by atoms with E-state index in [1.807, 2.05) is 0 Å². The largest absolute Gasteiger partial charge is 0.177 e. The molecule has 0 fully saturated rings. The van der Waals surface area contributed by atoms with Crippen molar-refractivity contribution in [2.75, 3.05) is 0 Å². The zero-order valence-electron chi connectivity index (χ0n) is 9.78. The van der Waals surface area contributed by atoms with Crippen molar-refractivity contribution in [2.24, 2.45) is 0 Å². The van der Waals surface area contributed by atoms with Crippen molar-refractivity contribution in [3.63, 3.8) is 0 Å². The van der Waals surface area contributed by atoms with Gasteiger partial charge in [0.15, 0.2) is 7.38 Å². The van der Waals surface area contributed by atoms with Gasteiger partial charge in [-0.2, -0.15) is 11.1 Å². The Bertz CT molecular complexity index is 269. The second-order valence-electron chi connectivity index (χ2n) is 4.72. The van der Waals surface area contributed by atoms with E-state index >= 15 is 0 Å². The molecule has 0 aliphatic heterocycles. The topological polar surface area (TPSA) is 0 Å². The fourth-order valence-electron chi connectivity index (χ4n) is 2.05. The minimum atomic E-state index is -1.57. The Labute approximate surface area is 93.8 Å². The van der Waals surface area contributed by atoms with Crippen LogP contribution in [0.2, 0.25) is 13.1 Å². The van der Waals surface area contributed by atoms with E-state index in [1.54, 1.807) is 10.8 Å². The molecule has 1 aliphatic carbocycles. The lowest BCUT2D eigenvalue weighted by Crippen LogP contribution is -2.20. The van der Waals surface area contributed by atoms with Gasteiger partial charge in [0.05, 0.1) is 0 Å². The molecule has 0 atom stereocenters. The maximum absolute atomic E-state index is 6.48. The zero-order valence-corrected chi connectivity index (χ0v) is 11.5. The first-order chi connectivity index (χ1) is 6.45. The second kappa shape index (κ2) is 4.67. The molecule has 0 N–H and O–H groups in total. The second-order valence-corrected chi connectivity index (χ2v) is 11.1. The normalized spacial score (nSPS) is 17.6. The van der Waals surface area contributed by atoms with Crippen LogP contribution in [0.3, 0.4) is 0 Å². The van der Waals surface area contributed by atoms with E-state index < -0.39 is 7.38 Å². The van der Waals surface area contributed by atoms with Gasteiger partial charge < -0.3 is 0 Å². The standard InChI is InChI=1S/C12H21ClSi/c1-5-6-7-11-8-10(2)12(9-11)14(3,4)13/h8H,5-7,9H2,1-4H3. The summed E-state index contributed by atoms with van der Waals surface area (Å²) in [5.74, 6) is 0. The van der Waals surface area contributed by atoms with Crippen LogP contribution in [0.25, 0.3) is 0 Å². The summed E-state index contributed by atoms with van der Waals surface area (Å²) in [6.07, 6.45) is 7.39. The Balaban J connectivity index is 2.60. The molecule has 0 nitrogen and oxygen atoms in total. The molecule has 0 bridgehead atoms. The average molecular weight is 229 g/mol. The third-order valence-electron chi connectivity index (χ3n) is 2.87. The Hall–Kier alpha value is -0.0131. The van der Waals surface area contributed by atoms with Gasteiger partial charge in [0, 0.05) is 0 Å². The molecule has 0 aromatic rings. The number of hydrogen-bond acceptors (Lipinski definition) is 0. The lowest BCUT2D eigenvalue weighted by atomic mass is 10.1. The quantitative estimate of drug-likeness (QED) is 0.479. The molecule has 1 rings (SSSR count). The van der Waals surface area contributed by atoms with Gasteiger partial charge in [-0.05, 0) is 26.2 Å². The summed E-state index contributed by atoms with van der Waals surface area (Å²) in [6, 6.07) is 0. The molecule has 0 aromatic carbocycles. The van der Waals surface area contributed by atoms with Gasteiger partial charge in [-0.1, -0.05) is 48.9 Å². The lowest BCUT2D eigenvalue weighted by molar-refractivity contribution is 0.777. The molecule has 0 heterocycles. The van der Waals surface area contributed by atoms with Crippen molar-refractivity contribution in [3.8, 4) is 0 Å². The van der Waals surface area contributed by atoms with Crippen molar-refractivity contribution < 1.29 is 0 Å². The first-order valence-corrected chi connectivity index (χ1v) is 9.55. The molecule has 1 aliphatic rings. The number of halogens is 1. The SMILES string of the molecule is CCCCC1=CC(C)=C([Si](C)(C)Cl)C1. The van der Waals surface area contributed by atoms with Crippen molar-refractivity contribution in [1.29, 1.82) is 0 Å². The highest BCUT2D eigenvalue weighted by Crippen LogP contribution is 2.35. The summed E-state index contributed by atoms with van der Waals surface area (Å²) >= 11 is 6.48. The van der Waals surface area contributed by atoms with Gasteiger partial charge in [-0.15, -0.1) is 0 Å². The van der Waals surface area contributed by atoms with Gasteiger partial charge >= 0.3 is 0 Å². The predicted molar refractivity (Wildman–Crippen MR) is 68.3 cm³/mol. The molecule has 0 amide bonds. The van der Waals surface area contributed by atoms with E-state index in [0.717, 1.165) is 6.42 Å². The van der Waals surface area contributed by atoms with Crippen LogP contribution in [0.1, 0.15) is 39.5 Å². The Morgan fingerprint density at radius 2 is 2.07 bits per heavy atom. The highest BCUT2D eigenvalue weighted by Gasteiger charge is 2.28. The lowest BCUT2D eigenvalue weighted by Gasteiger charge is -2.17. The molecule has 2 heteroatoms. The number of allylic oxidation sites excluding steroid dienone is 4. The zero-order chi connectivity index (χ0) is 10.8. The molecule has 80 valence electrons. The van der Waals surface area contributed by atoms with Crippen molar-refractivity contribution in [1.82, 2.24) is 0 Å². The van der Waals surface area contributed by atoms with Crippen molar-refractivity contribution in [2.45, 2.75) is 52.6 Å². The number of rotatable bonds is 4. The maximum atomic E-state index is 6.48. The Morgan fingerprint density at radius 3 is 2.50 bits per heavy atom. The van der Waals surface area contributed by atoms with Gasteiger partial charge in [0.2, 0.25) is 0 Å². The fraction of sp³-hybridized carbons (Fsp3) is 0.667. The van der Waals surface area contributed by atoms with Gasteiger partial charge in [-0.3, -0.25) is 0 Å². The summed E-state index contributed by atoms with van der Waals surface area (Å²) in [6.45, 7) is 8.91. The van der Waals surface area contributed by atoms with Crippen molar-refractivity contribution >= 4 is 18.5 Å². The molecule has 0 aromatic heterocycles. The third kappa shape index (κ3) is 2.99. The van der Waals surface area contributed by atoms with Crippen LogP contribution >= 0.6 is 11.1 Å². The maximum Gasteiger partial charge on any atom is 0.177 e. The first-order valence-electron chi connectivity index (χ1n) is 5.53. The van der Waals surface area contributed by atoms with Gasteiger partial charge in [0.25, 0.3) is 0 Å². The number of unbranched alkanes of at least 4 members (excludes halogenated alkanes) is 1. The number of hydrogen-bond donors (Lipinski definition) is 0. The monoisotopic (exact) mass is 228 g/mol. The minimum Gasteiger partial charge on any atom is -0.162 e. The molecule has 0 radical (unpaired) electrons.